The number of nitrogens with zero attached hydrogens (tertiary/aromatic N) is 1. The van der Waals surface area contributed by atoms with Gasteiger partial charge in [-0.15, -0.1) is 13.2 Å². The Morgan fingerprint density at radius 1 is 1.06 bits per heavy atom. The van der Waals surface area contributed by atoms with Crippen molar-refractivity contribution in [2.24, 2.45) is 0 Å². The first-order valence-corrected chi connectivity index (χ1v) is 11.3. The molecule has 1 aliphatic heterocycles. The number of aromatic nitrogens is 1. The van der Waals surface area contributed by atoms with Crippen LogP contribution in [0.2, 0.25) is 0 Å². The first-order chi connectivity index (χ1) is 14.5. The van der Waals surface area contributed by atoms with Crippen LogP contribution in [0.5, 0.6) is 5.75 Å². The van der Waals surface area contributed by atoms with E-state index in [0.717, 1.165) is 37.8 Å². The average molecular weight is 459 g/mol. The number of carbonyl (C=O) groups is 1. The van der Waals surface area contributed by atoms with Gasteiger partial charge in [-0.25, -0.2) is 8.42 Å². The van der Waals surface area contributed by atoms with Gasteiger partial charge in [-0.1, -0.05) is 12.8 Å². The number of benzene rings is 1. The fourth-order valence-electron chi connectivity index (χ4n) is 3.69. The Kier molecular flexibility index (Phi) is 6.65. The molecule has 0 spiro atoms. The molecule has 11 heteroatoms. The second-order valence-corrected chi connectivity index (χ2v) is 9.30. The third-order valence-electron chi connectivity index (χ3n) is 5.10. The Bertz CT molecular complexity index is 1040. The summed E-state index contributed by atoms with van der Waals surface area (Å²) in [7, 11) is -3.76. The molecule has 1 saturated heterocycles. The summed E-state index contributed by atoms with van der Waals surface area (Å²) in [5.74, 6) is -1.01. The van der Waals surface area contributed by atoms with Crippen LogP contribution in [0.1, 0.15) is 47.4 Å². The van der Waals surface area contributed by atoms with Crippen LogP contribution in [-0.2, 0) is 10.0 Å². The number of hydrogen-bond donors (Lipinski definition) is 2. The second kappa shape index (κ2) is 8.91. The van der Waals surface area contributed by atoms with Crippen LogP contribution in [0.4, 0.5) is 18.9 Å². The van der Waals surface area contributed by atoms with Crippen LogP contribution < -0.4 is 10.1 Å². The van der Waals surface area contributed by atoms with E-state index in [2.05, 4.69) is 15.0 Å². The van der Waals surface area contributed by atoms with Gasteiger partial charge in [0.1, 0.15) is 16.3 Å². The molecule has 1 aliphatic rings. The molecule has 0 radical (unpaired) electrons. The van der Waals surface area contributed by atoms with Gasteiger partial charge in [0.2, 0.25) is 10.0 Å². The molecule has 1 amide bonds. The molecule has 2 N–H and O–H groups in total. The van der Waals surface area contributed by atoms with Crippen LogP contribution in [0.15, 0.2) is 29.2 Å². The summed E-state index contributed by atoms with van der Waals surface area (Å²) in [6, 6.07) is 4.67. The number of rotatable bonds is 5. The Morgan fingerprint density at radius 3 is 2.19 bits per heavy atom. The molecule has 1 fully saturated rings. The number of hydrogen-bond acceptors (Lipinski definition) is 4. The Hall–Kier alpha value is -2.53. The molecule has 0 saturated carbocycles. The number of aromatic amines is 1. The molecule has 1 aromatic heterocycles. The third kappa shape index (κ3) is 5.40. The zero-order valence-corrected chi connectivity index (χ0v) is 18.0. The van der Waals surface area contributed by atoms with E-state index in [-0.39, 0.29) is 16.3 Å². The zero-order chi connectivity index (χ0) is 22.8. The number of alkyl halides is 3. The topological polar surface area (TPSA) is 91.5 Å². The zero-order valence-electron chi connectivity index (χ0n) is 17.2. The Morgan fingerprint density at radius 2 is 1.65 bits per heavy atom. The number of halogens is 3. The SMILES string of the molecule is Cc1[nH]c(C(=O)Nc2ccc(OC(F)(F)F)cc2)c(C)c1S(=O)(=O)N1CCCCCC1. The molecule has 7 nitrogen and oxygen atoms in total. The summed E-state index contributed by atoms with van der Waals surface area (Å²) in [5.41, 5.74) is 0.988. The number of nitrogens with one attached hydrogen (secondary N) is 2. The number of H-pyrrole nitrogens is 1. The van der Waals surface area contributed by atoms with Crippen LogP contribution in [0, 0.1) is 13.8 Å². The lowest BCUT2D eigenvalue weighted by molar-refractivity contribution is -0.274. The number of sulfonamides is 1. The number of amides is 1. The van der Waals surface area contributed by atoms with E-state index in [9.17, 15) is 26.4 Å². The largest absolute Gasteiger partial charge is 0.573 e. The van der Waals surface area contributed by atoms with E-state index in [1.54, 1.807) is 13.8 Å². The van der Waals surface area contributed by atoms with E-state index < -0.39 is 28.0 Å². The first kappa shape index (κ1) is 23.1. The Labute approximate surface area is 178 Å². The van der Waals surface area contributed by atoms with Gasteiger partial charge in [-0.05, 0) is 56.5 Å². The minimum atomic E-state index is -4.81. The molecule has 2 heterocycles. The van der Waals surface area contributed by atoms with Crippen molar-refractivity contribution in [2.75, 3.05) is 18.4 Å². The maximum Gasteiger partial charge on any atom is 0.573 e. The van der Waals surface area contributed by atoms with Gasteiger partial charge >= 0.3 is 6.36 Å². The number of ether oxygens (including phenoxy) is 1. The molecule has 2 aromatic rings. The van der Waals surface area contributed by atoms with E-state index >= 15 is 0 Å². The van der Waals surface area contributed by atoms with Gasteiger partial charge in [-0.3, -0.25) is 4.79 Å². The molecule has 1 aromatic carbocycles. The number of aryl methyl sites for hydroxylation is 1. The lowest BCUT2D eigenvalue weighted by atomic mass is 10.2. The minimum absolute atomic E-state index is 0.0847. The van der Waals surface area contributed by atoms with Crippen LogP contribution >= 0.6 is 0 Å². The highest BCUT2D eigenvalue weighted by Crippen LogP contribution is 2.29. The molecule has 170 valence electrons. The van der Waals surface area contributed by atoms with E-state index in [4.69, 9.17) is 0 Å². The monoisotopic (exact) mass is 459 g/mol. The molecule has 3 rings (SSSR count). The van der Waals surface area contributed by atoms with Crippen molar-refractivity contribution in [3.63, 3.8) is 0 Å². The minimum Gasteiger partial charge on any atom is -0.406 e. The smallest absolute Gasteiger partial charge is 0.406 e. The summed E-state index contributed by atoms with van der Waals surface area (Å²) in [6.07, 6.45) is -1.25. The first-order valence-electron chi connectivity index (χ1n) is 9.85. The van der Waals surface area contributed by atoms with E-state index in [1.165, 1.54) is 16.4 Å². The van der Waals surface area contributed by atoms with E-state index in [0.29, 0.717) is 24.3 Å². The summed E-state index contributed by atoms with van der Waals surface area (Å²) < 4.78 is 68.4. The molecule has 0 aliphatic carbocycles. The predicted molar refractivity (Wildman–Crippen MR) is 109 cm³/mol. The van der Waals surface area contributed by atoms with Gasteiger partial charge in [0.15, 0.2) is 0 Å². The lowest BCUT2D eigenvalue weighted by Crippen LogP contribution is -2.32. The summed E-state index contributed by atoms with van der Waals surface area (Å²) in [5, 5.41) is 2.56. The van der Waals surface area contributed by atoms with Crippen LogP contribution in [0.3, 0.4) is 0 Å². The normalized spacial score (nSPS) is 16.0. The molecule has 31 heavy (non-hydrogen) atoms. The predicted octanol–water partition coefficient (Wildman–Crippen LogP) is 4.35. The van der Waals surface area contributed by atoms with Crippen molar-refractivity contribution < 1.29 is 31.1 Å². The van der Waals surface area contributed by atoms with Crippen molar-refractivity contribution in [3.05, 3.63) is 41.2 Å². The van der Waals surface area contributed by atoms with Crippen LogP contribution in [-0.4, -0.2) is 43.1 Å². The molecular formula is C20H24F3N3O4S. The van der Waals surface area contributed by atoms with Gasteiger partial charge in [0.05, 0.1) is 0 Å². The maximum atomic E-state index is 13.2. The summed E-state index contributed by atoms with van der Waals surface area (Å²) in [4.78, 5) is 15.6. The number of anilines is 1. The second-order valence-electron chi connectivity index (χ2n) is 7.42. The highest BCUT2D eigenvalue weighted by molar-refractivity contribution is 7.89. The molecule has 0 unspecified atom stereocenters. The Balaban J connectivity index is 1.80. The van der Waals surface area contributed by atoms with Crippen molar-refractivity contribution in [1.82, 2.24) is 9.29 Å². The molecule has 0 atom stereocenters. The fourth-order valence-corrected chi connectivity index (χ4v) is 5.62. The van der Waals surface area contributed by atoms with Crippen molar-refractivity contribution in [3.8, 4) is 5.75 Å². The standard InChI is InChI=1S/C20H24F3N3O4S/c1-13-17(19(27)25-15-7-9-16(10-8-15)30-20(21,22)23)24-14(2)18(13)31(28,29)26-11-5-3-4-6-12-26/h7-10,24H,3-6,11-12H2,1-2H3,(H,25,27). The van der Waals surface area contributed by atoms with Crippen molar-refractivity contribution in [2.45, 2.75) is 50.8 Å². The molecular weight excluding hydrogens is 435 g/mol. The van der Waals surface area contributed by atoms with Crippen molar-refractivity contribution in [1.29, 1.82) is 0 Å². The molecule has 0 bridgehead atoms. The number of carbonyl (C=O) groups excluding carboxylic acids is 1. The highest BCUT2D eigenvalue weighted by Gasteiger charge is 2.32. The van der Waals surface area contributed by atoms with Crippen molar-refractivity contribution >= 4 is 21.6 Å². The van der Waals surface area contributed by atoms with Gasteiger partial charge in [0.25, 0.3) is 5.91 Å². The summed E-state index contributed by atoms with van der Waals surface area (Å²) >= 11 is 0. The lowest BCUT2D eigenvalue weighted by Gasteiger charge is -2.20. The van der Waals surface area contributed by atoms with Gasteiger partial charge in [0, 0.05) is 24.5 Å². The average Bonchev–Trinajstić information content (AvgIpc) is 2.85. The van der Waals surface area contributed by atoms with Crippen LogP contribution in [0.25, 0.3) is 0 Å². The van der Waals surface area contributed by atoms with E-state index in [1.807, 2.05) is 0 Å². The quantitative estimate of drug-likeness (QED) is 0.696. The van der Waals surface area contributed by atoms with Gasteiger partial charge < -0.3 is 15.0 Å². The maximum absolute atomic E-state index is 13.2. The summed E-state index contributed by atoms with van der Waals surface area (Å²) in [6.45, 7) is 4.04. The highest BCUT2D eigenvalue weighted by atomic mass is 32.2. The van der Waals surface area contributed by atoms with Gasteiger partial charge in [-0.2, -0.15) is 4.31 Å². The fraction of sp³-hybridized carbons (Fsp3) is 0.450. The third-order valence-corrected chi connectivity index (χ3v) is 7.28.